The molecule has 0 spiro atoms. The molecule has 0 amide bonds. The highest BCUT2D eigenvalue weighted by Gasteiger charge is 2.20. The SMILES string of the molecule is COc1cc(C)c(S(=O)(=O)NCCSCc2c(Cl)cccc2Cl)cc1C(C)C. The van der Waals surface area contributed by atoms with E-state index in [-0.39, 0.29) is 10.8 Å². The van der Waals surface area contributed by atoms with Crippen LogP contribution in [0.25, 0.3) is 0 Å². The molecule has 154 valence electrons. The van der Waals surface area contributed by atoms with Crippen LogP contribution in [0.5, 0.6) is 5.75 Å². The van der Waals surface area contributed by atoms with E-state index in [9.17, 15) is 8.42 Å². The number of rotatable bonds is 9. The second kappa shape index (κ2) is 10.2. The standard InChI is InChI=1S/C20H25Cl2NO3S2/c1-13(2)15-11-20(14(3)10-19(15)26-4)28(24,25)23-8-9-27-12-16-17(21)6-5-7-18(16)22/h5-7,10-11,13,23H,8-9,12H2,1-4H3. The van der Waals surface area contributed by atoms with Crippen LogP contribution in [-0.2, 0) is 15.8 Å². The highest BCUT2D eigenvalue weighted by Crippen LogP contribution is 2.31. The van der Waals surface area contributed by atoms with Crippen LogP contribution in [0.4, 0.5) is 0 Å². The van der Waals surface area contributed by atoms with Crippen LogP contribution in [0.15, 0.2) is 35.2 Å². The molecule has 0 fully saturated rings. The first-order valence-corrected chi connectivity index (χ1v) is 12.3. The Bertz CT molecular complexity index is 911. The van der Waals surface area contributed by atoms with Crippen molar-refractivity contribution in [3.05, 3.63) is 57.1 Å². The first kappa shape index (κ1) is 23.4. The largest absolute Gasteiger partial charge is 0.496 e. The lowest BCUT2D eigenvalue weighted by atomic mass is 10.0. The quantitative estimate of drug-likeness (QED) is 0.490. The molecule has 0 aromatic heterocycles. The number of methoxy groups -OCH3 is 1. The van der Waals surface area contributed by atoms with E-state index in [0.717, 1.165) is 11.1 Å². The molecule has 0 saturated carbocycles. The first-order chi connectivity index (χ1) is 13.2. The summed E-state index contributed by atoms with van der Waals surface area (Å²) in [4.78, 5) is 0.288. The third kappa shape index (κ3) is 5.80. The molecule has 0 aliphatic rings. The molecule has 1 N–H and O–H groups in total. The molecule has 2 aromatic rings. The molecule has 8 heteroatoms. The Kier molecular flexibility index (Phi) is 8.52. The lowest BCUT2D eigenvalue weighted by molar-refractivity contribution is 0.406. The van der Waals surface area contributed by atoms with E-state index < -0.39 is 10.0 Å². The maximum absolute atomic E-state index is 12.8. The van der Waals surface area contributed by atoms with Gasteiger partial charge in [-0.15, -0.1) is 0 Å². The van der Waals surface area contributed by atoms with Crippen molar-refractivity contribution in [2.45, 2.75) is 37.3 Å². The fourth-order valence-electron chi connectivity index (χ4n) is 2.77. The Morgan fingerprint density at radius 3 is 2.39 bits per heavy atom. The number of halogens is 2. The van der Waals surface area contributed by atoms with Gasteiger partial charge in [0.25, 0.3) is 0 Å². The van der Waals surface area contributed by atoms with Crippen molar-refractivity contribution in [1.29, 1.82) is 0 Å². The van der Waals surface area contributed by atoms with Crippen molar-refractivity contribution in [2.75, 3.05) is 19.4 Å². The van der Waals surface area contributed by atoms with Crippen molar-refractivity contribution >= 4 is 45.0 Å². The molecule has 2 rings (SSSR count). The van der Waals surface area contributed by atoms with Gasteiger partial charge < -0.3 is 4.74 Å². The summed E-state index contributed by atoms with van der Waals surface area (Å²) < 4.78 is 33.6. The zero-order valence-corrected chi connectivity index (χ0v) is 19.5. The summed E-state index contributed by atoms with van der Waals surface area (Å²) in [6.07, 6.45) is 0. The third-order valence-electron chi connectivity index (χ3n) is 4.29. The van der Waals surface area contributed by atoms with E-state index in [4.69, 9.17) is 27.9 Å². The molecule has 0 radical (unpaired) electrons. The van der Waals surface area contributed by atoms with Gasteiger partial charge in [-0.2, -0.15) is 11.8 Å². The summed E-state index contributed by atoms with van der Waals surface area (Å²) in [6, 6.07) is 8.88. The molecule has 0 aliphatic heterocycles. The predicted molar refractivity (Wildman–Crippen MR) is 120 cm³/mol. The van der Waals surface area contributed by atoms with E-state index in [1.54, 1.807) is 56.1 Å². The van der Waals surface area contributed by atoms with Crippen LogP contribution in [0.3, 0.4) is 0 Å². The number of hydrogen-bond donors (Lipinski definition) is 1. The molecule has 28 heavy (non-hydrogen) atoms. The van der Waals surface area contributed by atoms with E-state index in [2.05, 4.69) is 4.72 Å². The Balaban J connectivity index is 2.01. The van der Waals surface area contributed by atoms with Crippen LogP contribution < -0.4 is 9.46 Å². The summed E-state index contributed by atoms with van der Waals surface area (Å²) in [5.74, 6) is 2.09. The third-order valence-corrected chi connectivity index (χ3v) is 7.58. The normalized spacial score (nSPS) is 11.8. The van der Waals surface area contributed by atoms with Crippen molar-refractivity contribution in [2.24, 2.45) is 0 Å². The summed E-state index contributed by atoms with van der Waals surface area (Å²) in [5.41, 5.74) is 2.40. The summed E-state index contributed by atoms with van der Waals surface area (Å²) in [7, 11) is -2.01. The molecular weight excluding hydrogens is 437 g/mol. The minimum Gasteiger partial charge on any atom is -0.496 e. The average Bonchev–Trinajstić information content (AvgIpc) is 2.62. The molecule has 0 atom stereocenters. The van der Waals surface area contributed by atoms with Crippen molar-refractivity contribution in [3.8, 4) is 5.75 Å². The fourth-order valence-corrected chi connectivity index (χ4v) is 5.78. The number of aryl methyl sites for hydroxylation is 1. The smallest absolute Gasteiger partial charge is 0.240 e. The number of benzene rings is 2. The van der Waals surface area contributed by atoms with Gasteiger partial charge in [0.05, 0.1) is 12.0 Å². The molecular formula is C20H25Cl2NO3S2. The summed E-state index contributed by atoms with van der Waals surface area (Å²) in [6.45, 7) is 6.11. The summed E-state index contributed by atoms with van der Waals surface area (Å²) >= 11 is 13.9. The van der Waals surface area contributed by atoms with Gasteiger partial charge >= 0.3 is 0 Å². The fraction of sp³-hybridized carbons (Fsp3) is 0.400. The zero-order valence-electron chi connectivity index (χ0n) is 16.4. The van der Waals surface area contributed by atoms with Crippen LogP contribution in [0.1, 0.15) is 36.5 Å². The van der Waals surface area contributed by atoms with Gasteiger partial charge in [0.15, 0.2) is 0 Å². The Labute approximate surface area is 182 Å². The number of ether oxygens (including phenoxy) is 1. The number of thioether (sulfide) groups is 1. The second-order valence-electron chi connectivity index (χ2n) is 6.66. The van der Waals surface area contributed by atoms with Gasteiger partial charge in [0, 0.05) is 28.1 Å². The Morgan fingerprint density at radius 2 is 1.82 bits per heavy atom. The number of hydrogen-bond acceptors (Lipinski definition) is 4. The summed E-state index contributed by atoms with van der Waals surface area (Å²) in [5, 5.41) is 1.24. The van der Waals surface area contributed by atoms with Crippen LogP contribution in [-0.4, -0.2) is 27.8 Å². The molecule has 4 nitrogen and oxygen atoms in total. The average molecular weight is 462 g/mol. The van der Waals surface area contributed by atoms with Gasteiger partial charge in [-0.1, -0.05) is 43.1 Å². The van der Waals surface area contributed by atoms with Crippen molar-refractivity contribution < 1.29 is 13.2 Å². The number of nitrogens with one attached hydrogen (secondary N) is 1. The predicted octanol–water partition coefficient (Wildman–Crippen LogP) is 5.65. The number of sulfonamides is 1. The Hall–Kier alpha value is -0.920. The minimum atomic E-state index is -3.60. The Morgan fingerprint density at radius 1 is 1.18 bits per heavy atom. The minimum absolute atomic E-state index is 0.153. The van der Waals surface area contributed by atoms with Gasteiger partial charge in [-0.3, -0.25) is 0 Å². The maximum atomic E-state index is 12.8. The van der Waals surface area contributed by atoms with Crippen molar-refractivity contribution in [1.82, 2.24) is 4.72 Å². The van der Waals surface area contributed by atoms with Gasteiger partial charge in [0.2, 0.25) is 10.0 Å². The maximum Gasteiger partial charge on any atom is 0.240 e. The molecule has 0 saturated heterocycles. The van der Waals surface area contributed by atoms with Gasteiger partial charge in [0.1, 0.15) is 5.75 Å². The highest BCUT2D eigenvalue weighted by molar-refractivity contribution is 7.98. The van der Waals surface area contributed by atoms with Crippen molar-refractivity contribution in [3.63, 3.8) is 0 Å². The van der Waals surface area contributed by atoms with Crippen LogP contribution in [0.2, 0.25) is 10.0 Å². The van der Waals surface area contributed by atoms with E-state index in [0.29, 0.717) is 39.4 Å². The van der Waals surface area contributed by atoms with E-state index in [1.165, 1.54) is 0 Å². The molecule has 0 bridgehead atoms. The van der Waals surface area contributed by atoms with Gasteiger partial charge in [-0.05, 0) is 53.8 Å². The molecule has 0 aliphatic carbocycles. The monoisotopic (exact) mass is 461 g/mol. The van der Waals surface area contributed by atoms with E-state index >= 15 is 0 Å². The van der Waals surface area contributed by atoms with Crippen LogP contribution in [0, 0.1) is 6.92 Å². The first-order valence-electron chi connectivity index (χ1n) is 8.86. The molecule has 2 aromatic carbocycles. The topological polar surface area (TPSA) is 55.4 Å². The van der Waals surface area contributed by atoms with E-state index in [1.807, 2.05) is 13.8 Å². The molecule has 0 unspecified atom stereocenters. The lowest BCUT2D eigenvalue weighted by Gasteiger charge is -2.16. The highest BCUT2D eigenvalue weighted by atomic mass is 35.5. The second-order valence-corrected chi connectivity index (χ2v) is 10.3. The zero-order chi connectivity index (χ0) is 20.9. The lowest BCUT2D eigenvalue weighted by Crippen LogP contribution is -2.27. The van der Waals surface area contributed by atoms with Crippen LogP contribution >= 0.6 is 35.0 Å². The van der Waals surface area contributed by atoms with Gasteiger partial charge in [-0.25, -0.2) is 13.1 Å². The molecule has 0 heterocycles.